The summed E-state index contributed by atoms with van der Waals surface area (Å²) in [6, 6.07) is 8.20. The van der Waals surface area contributed by atoms with Gasteiger partial charge in [-0.3, -0.25) is 9.47 Å². The van der Waals surface area contributed by atoms with E-state index in [1.165, 1.54) is 12.1 Å². The molecule has 0 N–H and O–H groups in total. The number of halogens is 6. The van der Waals surface area contributed by atoms with Crippen molar-refractivity contribution < 1.29 is 22.0 Å². The predicted octanol–water partition coefficient (Wildman–Crippen LogP) is 6.55. The third kappa shape index (κ3) is 4.05. The molecule has 3 fully saturated rings. The molecule has 2 aliphatic carbocycles. The maximum Gasteiger partial charge on any atom is 0.391 e. The van der Waals surface area contributed by atoms with Gasteiger partial charge in [0.1, 0.15) is 17.3 Å². The molecular formula is C28H27ClF5N5. The van der Waals surface area contributed by atoms with Crippen LogP contribution in [-0.4, -0.2) is 45.0 Å². The van der Waals surface area contributed by atoms with Gasteiger partial charge in [0.25, 0.3) is 0 Å². The van der Waals surface area contributed by atoms with Crippen molar-refractivity contribution in [3.05, 3.63) is 69.8 Å². The van der Waals surface area contributed by atoms with Crippen molar-refractivity contribution in [1.82, 2.24) is 19.7 Å². The molecule has 2 saturated carbocycles. The molecule has 4 aliphatic rings. The maximum absolute atomic E-state index is 14.6. The molecule has 2 aliphatic heterocycles. The number of hydrogen-bond donors (Lipinski definition) is 0. The van der Waals surface area contributed by atoms with E-state index in [-0.39, 0.29) is 35.9 Å². The summed E-state index contributed by atoms with van der Waals surface area (Å²) in [5, 5.41) is 9.62. The summed E-state index contributed by atoms with van der Waals surface area (Å²) in [4.78, 5) is 3.84. The molecule has 1 aromatic heterocycles. The van der Waals surface area contributed by atoms with Crippen molar-refractivity contribution in [3.8, 4) is 5.69 Å². The van der Waals surface area contributed by atoms with Gasteiger partial charge >= 0.3 is 6.18 Å². The number of fused-ring (bicyclic) bond motifs is 3. The second-order valence-corrected chi connectivity index (χ2v) is 12.3. The zero-order valence-electron chi connectivity index (χ0n) is 21.3. The Balaban J connectivity index is 1.11. The van der Waals surface area contributed by atoms with Gasteiger partial charge in [0.2, 0.25) is 0 Å². The standard InChI is InChI=1S/C28H27ClF5N5/c1-15-2-4-21(30)25(24(15)31)38-13-27(14-38)9-17(10-27)26-36-35-23-12-37(20-7-18(8-20)28(32,33)34)11-16-6-19(29)3-5-22(16)39(23)26/h2-6,17-18,20H,7-14H2,1H3. The van der Waals surface area contributed by atoms with Crippen LogP contribution in [0.3, 0.4) is 0 Å². The zero-order chi connectivity index (χ0) is 27.3. The van der Waals surface area contributed by atoms with E-state index in [0.29, 0.717) is 42.6 Å². The van der Waals surface area contributed by atoms with E-state index < -0.39 is 23.7 Å². The Morgan fingerprint density at radius 1 is 1.00 bits per heavy atom. The lowest BCUT2D eigenvalue weighted by molar-refractivity contribution is -0.207. The molecule has 1 spiro atoms. The van der Waals surface area contributed by atoms with Crippen LogP contribution in [-0.2, 0) is 13.1 Å². The summed E-state index contributed by atoms with van der Waals surface area (Å²) in [7, 11) is 0. The Kier molecular flexibility index (Phi) is 5.59. The topological polar surface area (TPSA) is 37.2 Å². The van der Waals surface area contributed by atoms with Gasteiger partial charge in [0.15, 0.2) is 11.6 Å². The average Bonchev–Trinajstić information content (AvgIpc) is 3.10. The smallest absolute Gasteiger partial charge is 0.366 e. The Bertz CT molecular complexity index is 1450. The number of rotatable bonds is 3. The van der Waals surface area contributed by atoms with E-state index in [9.17, 15) is 22.0 Å². The summed E-state index contributed by atoms with van der Waals surface area (Å²) in [6.45, 7) is 3.71. The fourth-order valence-corrected chi connectivity index (χ4v) is 7.20. The van der Waals surface area contributed by atoms with E-state index in [0.717, 1.165) is 29.9 Å². The number of anilines is 1. The van der Waals surface area contributed by atoms with E-state index in [1.807, 2.05) is 18.2 Å². The van der Waals surface area contributed by atoms with Crippen LogP contribution in [0.25, 0.3) is 5.69 Å². The van der Waals surface area contributed by atoms with Crippen molar-refractivity contribution in [3.63, 3.8) is 0 Å². The number of alkyl halides is 3. The van der Waals surface area contributed by atoms with Crippen LogP contribution in [0.4, 0.5) is 27.6 Å². The first-order valence-corrected chi connectivity index (χ1v) is 13.6. The fourth-order valence-electron chi connectivity index (χ4n) is 7.01. The monoisotopic (exact) mass is 563 g/mol. The van der Waals surface area contributed by atoms with Gasteiger partial charge < -0.3 is 4.90 Å². The minimum atomic E-state index is -4.16. The van der Waals surface area contributed by atoms with Crippen LogP contribution >= 0.6 is 11.6 Å². The number of nitrogens with zero attached hydrogens (tertiary/aromatic N) is 5. The van der Waals surface area contributed by atoms with Crippen molar-refractivity contribution in [1.29, 1.82) is 0 Å². The lowest BCUT2D eigenvalue weighted by Gasteiger charge is -2.59. The van der Waals surface area contributed by atoms with Crippen molar-refractivity contribution in [2.45, 2.75) is 63.8 Å². The highest BCUT2D eigenvalue weighted by Gasteiger charge is 2.55. The van der Waals surface area contributed by atoms with Crippen LogP contribution in [0.15, 0.2) is 30.3 Å². The second-order valence-electron chi connectivity index (χ2n) is 11.8. The SMILES string of the molecule is Cc1ccc(F)c(N2CC3(CC(c4nnc5n4-c4ccc(Cl)cc4CN(C4CC(C(F)(F)F)C4)C5)C3)C2)c1F. The highest BCUT2D eigenvalue weighted by molar-refractivity contribution is 6.30. The van der Waals surface area contributed by atoms with E-state index in [2.05, 4.69) is 19.7 Å². The lowest BCUT2D eigenvalue weighted by atomic mass is 9.57. The van der Waals surface area contributed by atoms with Gasteiger partial charge in [-0.2, -0.15) is 13.2 Å². The molecule has 0 bridgehead atoms. The highest BCUT2D eigenvalue weighted by Crippen LogP contribution is 2.57. The van der Waals surface area contributed by atoms with Crippen LogP contribution < -0.4 is 4.90 Å². The van der Waals surface area contributed by atoms with E-state index >= 15 is 0 Å². The van der Waals surface area contributed by atoms with Crippen LogP contribution in [0.1, 0.15) is 54.4 Å². The largest absolute Gasteiger partial charge is 0.391 e. The number of aryl methyl sites for hydroxylation is 1. The van der Waals surface area contributed by atoms with Crippen LogP contribution in [0.2, 0.25) is 5.02 Å². The molecule has 5 nitrogen and oxygen atoms in total. The molecule has 0 radical (unpaired) electrons. The molecule has 2 aromatic carbocycles. The Morgan fingerprint density at radius 3 is 2.46 bits per heavy atom. The fraction of sp³-hybridized carbons (Fsp3) is 0.500. The van der Waals surface area contributed by atoms with Gasteiger partial charge in [0, 0.05) is 42.0 Å². The molecule has 11 heteroatoms. The molecule has 206 valence electrons. The third-order valence-corrected chi connectivity index (χ3v) is 9.44. The zero-order valence-corrected chi connectivity index (χ0v) is 22.0. The highest BCUT2D eigenvalue weighted by atomic mass is 35.5. The number of aromatic nitrogens is 3. The van der Waals surface area contributed by atoms with Gasteiger partial charge in [-0.25, -0.2) is 8.78 Å². The van der Waals surface area contributed by atoms with Crippen molar-refractivity contribution >= 4 is 17.3 Å². The average molecular weight is 564 g/mol. The lowest BCUT2D eigenvalue weighted by Crippen LogP contribution is -2.62. The summed E-state index contributed by atoms with van der Waals surface area (Å²) >= 11 is 6.32. The Labute approximate surface area is 227 Å². The quantitative estimate of drug-likeness (QED) is 0.339. The molecule has 3 aromatic rings. The first-order chi connectivity index (χ1) is 18.5. The predicted molar refractivity (Wildman–Crippen MR) is 136 cm³/mol. The first kappa shape index (κ1) is 25.3. The van der Waals surface area contributed by atoms with E-state index in [4.69, 9.17) is 11.6 Å². The Hall–Kier alpha value is -2.72. The molecule has 7 rings (SSSR count). The Morgan fingerprint density at radius 2 is 1.74 bits per heavy atom. The maximum atomic E-state index is 14.6. The van der Waals surface area contributed by atoms with Crippen LogP contribution in [0, 0.1) is 29.9 Å². The third-order valence-electron chi connectivity index (χ3n) is 9.20. The van der Waals surface area contributed by atoms with Crippen molar-refractivity contribution in [2.24, 2.45) is 11.3 Å². The molecule has 0 unspecified atom stereocenters. The van der Waals surface area contributed by atoms with Gasteiger partial charge in [-0.05, 0) is 68.0 Å². The minimum absolute atomic E-state index is 0.0161. The van der Waals surface area contributed by atoms with Crippen LogP contribution in [0.5, 0.6) is 0 Å². The molecule has 0 amide bonds. The number of hydrogen-bond acceptors (Lipinski definition) is 4. The second kappa shape index (κ2) is 8.64. The molecular weight excluding hydrogens is 537 g/mol. The summed E-state index contributed by atoms with van der Waals surface area (Å²) in [5.41, 5.74) is 2.30. The molecule has 0 atom stereocenters. The molecule has 3 heterocycles. The summed E-state index contributed by atoms with van der Waals surface area (Å²) in [6.07, 6.45) is -2.32. The van der Waals surface area contributed by atoms with Gasteiger partial charge in [0.05, 0.1) is 18.2 Å². The molecule has 39 heavy (non-hydrogen) atoms. The minimum Gasteiger partial charge on any atom is -0.366 e. The molecule has 1 saturated heterocycles. The first-order valence-electron chi connectivity index (χ1n) is 13.2. The van der Waals surface area contributed by atoms with E-state index in [1.54, 1.807) is 11.8 Å². The van der Waals surface area contributed by atoms with Crippen molar-refractivity contribution in [2.75, 3.05) is 18.0 Å². The number of benzene rings is 2. The van der Waals surface area contributed by atoms with Gasteiger partial charge in [-0.15, -0.1) is 10.2 Å². The normalized spacial score (nSPS) is 24.4. The summed E-state index contributed by atoms with van der Waals surface area (Å²) in [5.74, 6) is -0.631. The van der Waals surface area contributed by atoms with Gasteiger partial charge in [-0.1, -0.05) is 17.7 Å². The summed E-state index contributed by atoms with van der Waals surface area (Å²) < 4.78 is 70.6.